The maximum atomic E-state index is 12.6. The Labute approximate surface area is 241 Å². The summed E-state index contributed by atoms with van der Waals surface area (Å²) >= 11 is 8.29. The third-order valence-electron chi connectivity index (χ3n) is 7.35. The molecule has 1 atom stereocenters. The summed E-state index contributed by atoms with van der Waals surface area (Å²) in [5.74, 6) is 1.45. The van der Waals surface area contributed by atoms with E-state index in [-0.39, 0.29) is 18.6 Å². The van der Waals surface area contributed by atoms with Crippen LogP contribution in [0.15, 0.2) is 36.7 Å². The van der Waals surface area contributed by atoms with E-state index in [2.05, 4.69) is 38.1 Å². The fraction of sp³-hybridized carbons (Fsp3) is 0.481. The quantitative estimate of drug-likeness (QED) is 0.262. The number of aryl methyl sites for hydroxylation is 1. The molecule has 1 amide bonds. The number of hydrogen-bond acceptors (Lipinski definition) is 8. The number of amides is 1. The highest BCUT2D eigenvalue weighted by Crippen LogP contribution is 2.29. The fourth-order valence-electron chi connectivity index (χ4n) is 4.91. The van der Waals surface area contributed by atoms with E-state index >= 15 is 0 Å². The van der Waals surface area contributed by atoms with Gasteiger partial charge in [0, 0.05) is 35.9 Å². The molecule has 0 radical (unpaired) electrons. The Hall–Kier alpha value is -2.28. The Morgan fingerprint density at radius 1 is 1.13 bits per heavy atom. The third kappa shape index (κ3) is 6.64. The Balaban J connectivity index is 1.09. The van der Waals surface area contributed by atoms with Crippen LogP contribution in [-0.4, -0.2) is 59.3 Å². The van der Waals surface area contributed by atoms with Gasteiger partial charge in [-0.1, -0.05) is 23.7 Å². The number of ether oxygens (including phenoxy) is 1. The number of rotatable bonds is 10. The van der Waals surface area contributed by atoms with Crippen LogP contribution in [0.2, 0.25) is 5.02 Å². The molecule has 1 aliphatic heterocycles. The summed E-state index contributed by atoms with van der Waals surface area (Å²) in [5.41, 5.74) is 2.62. The molecule has 3 N–H and O–H groups in total. The van der Waals surface area contributed by atoms with Gasteiger partial charge in [-0.25, -0.2) is 15.0 Å². The number of halogens is 2. The highest BCUT2D eigenvalue weighted by atomic mass is 127. The first-order valence-corrected chi connectivity index (χ1v) is 14.3. The lowest BCUT2D eigenvalue weighted by Gasteiger charge is -2.29. The summed E-state index contributed by atoms with van der Waals surface area (Å²) in [6, 6.07) is 8.65. The van der Waals surface area contributed by atoms with Crippen molar-refractivity contribution in [2.45, 2.75) is 50.6 Å². The maximum Gasteiger partial charge on any atom is 0.230 e. The van der Waals surface area contributed by atoms with Crippen molar-refractivity contribution in [3.05, 3.63) is 52.8 Å². The second kappa shape index (κ2) is 12.7. The molecular weight excluding hydrogens is 619 g/mol. The Bertz CT molecular complexity index is 1250. The van der Waals surface area contributed by atoms with Crippen molar-refractivity contribution in [3.63, 3.8) is 0 Å². The van der Waals surface area contributed by atoms with E-state index in [9.17, 15) is 4.79 Å². The molecule has 0 spiro atoms. The molecule has 2 fully saturated rings. The maximum absolute atomic E-state index is 12.6. The Kier molecular flexibility index (Phi) is 9.13. The molecular formula is C27H32ClIN6O3. The van der Waals surface area contributed by atoms with Crippen LogP contribution in [0.4, 0.5) is 11.8 Å². The van der Waals surface area contributed by atoms with Crippen molar-refractivity contribution in [1.29, 1.82) is 0 Å². The average molecular weight is 651 g/mol. The number of benzene rings is 1. The normalized spacial score (nSPS) is 20.5. The molecule has 9 nitrogen and oxygen atoms in total. The monoisotopic (exact) mass is 650 g/mol. The van der Waals surface area contributed by atoms with E-state index in [1.165, 1.54) is 0 Å². The minimum Gasteiger partial charge on any atom is -0.377 e. The molecule has 2 aliphatic rings. The van der Waals surface area contributed by atoms with Gasteiger partial charge in [0.05, 0.1) is 42.3 Å². The number of carbonyl (C=O) groups is 1. The van der Waals surface area contributed by atoms with Gasteiger partial charge in [-0.05, 0) is 56.2 Å². The van der Waals surface area contributed by atoms with Crippen molar-refractivity contribution in [2.24, 2.45) is 5.92 Å². The summed E-state index contributed by atoms with van der Waals surface area (Å²) in [4.78, 5) is 26.3. The van der Waals surface area contributed by atoms with Gasteiger partial charge in [0.25, 0.3) is 0 Å². The lowest BCUT2D eigenvalue weighted by atomic mass is 9.86. The van der Waals surface area contributed by atoms with E-state index in [4.69, 9.17) is 24.4 Å². The number of nitrogens with zero attached hydrogens (tertiary/aromatic N) is 3. The van der Waals surface area contributed by atoms with Crippen molar-refractivity contribution in [1.82, 2.24) is 20.3 Å². The topological polar surface area (TPSA) is 110 Å². The summed E-state index contributed by atoms with van der Waals surface area (Å²) in [6.07, 6.45) is 7.78. The molecule has 202 valence electrons. The van der Waals surface area contributed by atoms with Crippen molar-refractivity contribution >= 4 is 63.2 Å². The van der Waals surface area contributed by atoms with Crippen LogP contribution in [0.5, 0.6) is 0 Å². The predicted molar refractivity (Wildman–Crippen MR) is 157 cm³/mol. The van der Waals surface area contributed by atoms with E-state index in [1.807, 2.05) is 19.1 Å². The second-order valence-electron chi connectivity index (χ2n) is 10.1. The molecule has 5 rings (SSSR count). The molecule has 3 heterocycles. The van der Waals surface area contributed by atoms with Gasteiger partial charge in [-0.3, -0.25) is 4.79 Å². The molecule has 1 unspecified atom stereocenters. The molecule has 0 bridgehead atoms. The number of carbonyl (C=O) groups excluding carboxylic acids is 1. The summed E-state index contributed by atoms with van der Waals surface area (Å²) < 4.78 is 10.4. The summed E-state index contributed by atoms with van der Waals surface area (Å²) in [7, 11) is 0. The molecule has 1 aliphatic carbocycles. The molecule has 11 heteroatoms. The number of hydrogen-bond donors (Lipinski definition) is 3. The zero-order valence-corrected chi connectivity index (χ0v) is 24.2. The van der Waals surface area contributed by atoms with Crippen molar-refractivity contribution in [3.8, 4) is 0 Å². The van der Waals surface area contributed by atoms with Gasteiger partial charge in [0.1, 0.15) is 28.8 Å². The smallest absolute Gasteiger partial charge is 0.230 e. The summed E-state index contributed by atoms with van der Waals surface area (Å²) in [6.45, 7) is 4.18. The van der Waals surface area contributed by atoms with Crippen LogP contribution in [0.3, 0.4) is 0 Å². The van der Waals surface area contributed by atoms with Gasteiger partial charge in [-0.15, -0.1) is 0 Å². The number of fused-ring (bicyclic) bond motifs is 1. The van der Waals surface area contributed by atoms with Gasteiger partial charge in [-0.2, -0.15) is 0 Å². The highest BCUT2D eigenvalue weighted by molar-refractivity contribution is 14.1. The minimum absolute atomic E-state index is 0.0676. The van der Waals surface area contributed by atoms with Gasteiger partial charge in [0.2, 0.25) is 11.9 Å². The predicted octanol–water partition coefficient (Wildman–Crippen LogP) is 5.03. The molecule has 2 aromatic heterocycles. The van der Waals surface area contributed by atoms with Crippen molar-refractivity contribution < 1.29 is 12.6 Å². The van der Waals surface area contributed by atoms with E-state index in [0.717, 1.165) is 65.1 Å². The van der Waals surface area contributed by atoms with Gasteiger partial charge in [0.15, 0.2) is 0 Å². The second-order valence-corrected chi connectivity index (χ2v) is 11.1. The van der Waals surface area contributed by atoms with E-state index in [1.54, 1.807) is 35.4 Å². The first kappa shape index (κ1) is 27.3. The van der Waals surface area contributed by atoms with E-state index in [0.29, 0.717) is 31.1 Å². The fourth-order valence-corrected chi connectivity index (χ4v) is 5.48. The van der Waals surface area contributed by atoms with Crippen molar-refractivity contribution in [2.75, 3.05) is 37.0 Å². The number of pyridine rings is 1. The lowest BCUT2D eigenvalue weighted by molar-refractivity contribution is -0.127. The van der Waals surface area contributed by atoms with Crippen LogP contribution in [0.1, 0.15) is 42.7 Å². The SMILES string of the molecule is Cc1ccc2ccc(N[C@H]3CC[C@H](CNc4ncc(C(COI)C(=O)NC5COC5)cn4)CC3)nc2c1Cl. The van der Waals surface area contributed by atoms with Crippen LogP contribution in [0, 0.1) is 12.8 Å². The van der Waals surface area contributed by atoms with Crippen LogP contribution < -0.4 is 16.0 Å². The molecule has 3 aromatic rings. The number of nitrogens with one attached hydrogen (secondary N) is 3. The molecule has 1 saturated carbocycles. The van der Waals surface area contributed by atoms with Crippen LogP contribution in [0.25, 0.3) is 10.9 Å². The highest BCUT2D eigenvalue weighted by Gasteiger charge is 2.27. The van der Waals surface area contributed by atoms with Crippen LogP contribution >= 0.6 is 34.6 Å². The molecule has 38 heavy (non-hydrogen) atoms. The van der Waals surface area contributed by atoms with E-state index < -0.39 is 5.92 Å². The first-order chi connectivity index (χ1) is 18.5. The largest absolute Gasteiger partial charge is 0.377 e. The number of aromatic nitrogens is 3. The van der Waals surface area contributed by atoms with Crippen LogP contribution in [-0.2, 0) is 12.6 Å². The Morgan fingerprint density at radius 2 is 1.87 bits per heavy atom. The Morgan fingerprint density at radius 3 is 2.55 bits per heavy atom. The lowest BCUT2D eigenvalue weighted by Crippen LogP contribution is -2.50. The zero-order chi connectivity index (χ0) is 26.5. The minimum atomic E-state index is -0.457. The molecule has 1 aromatic carbocycles. The third-order valence-corrected chi connectivity index (χ3v) is 8.18. The van der Waals surface area contributed by atoms with Gasteiger partial charge < -0.3 is 23.8 Å². The summed E-state index contributed by atoms with van der Waals surface area (Å²) in [5, 5.41) is 11.7. The molecule has 1 saturated heterocycles. The first-order valence-electron chi connectivity index (χ1n) is 13.0. The van der Waals surface area contributed by atoms with Gasteiger partial charge >= 0.3 is 0 Å². The number of anilines is 2. The zero-order valence-electron chi connectivity index (χ0n) is 21.3. The average Bonchev–Trinajstić information content (AvgIpc) is 2.91. The standard InChI is InChI=1S/C27H32ClIN6O3/c1-16-2-5-18-6-9-23(35-25(18)24(16)28)33-20-7-3-17(4-8-20)10-30-27-31-11-19(12-32-27)22(15-38-29)26(36)34-21-13-37-14-21/h2,5-6,9,11-12,17,20-22H,3-4,7-8,10,13-15H2,1H3,(H,33,35)(H,34,36)(H,30,31,32)/t17-,20-,22?.